The van der Waals surface area contributed by atoms with Crippen LogP contribution in [0.4, 0.5) is 11.4 Å². The van der Waals surface area contributed by atoms with Crippen molar-refractivity contribution in [3.8, 4) is 5.75 Å². The first-order valence-corrected chi connectivity index (χ1v) is 11.4. The normalized spacial score (nSPS) is 16.4. The number of hydrogen-bond acceptors (Lipinski definition) is 4. The van der Waals surface area contributed by atoms with Crippen molar-refractivity contribution < 1.29 is 9.90 Å². The Morgan fingerprint density at radius 2 is 1.94 bits per heavy atom. The van der Waals surface area contributed by atoms with E-state index in [0.717, 1.165) is 30.6 Å². The average Bonchev–Trinajstić information content (AvgIpc) is 3.30. The van der Waals surface area contributed by atoms with Crippen LogP contribution in [-0.4, -0.2) is 37.7 Å². The second-order valence-electron chi connectivity index (χ2n) is 8.38. The minimum atomic E-state index is -0.478. The number of aromatic hydroxyl groups is 1. The van der Waals surface area contributed by atoms with E-state index in [-0.39, 0.29) is 11.7 Å². The van der Waals surface area contributed by atoms with Crippen LogP contribution in [0.3, 0.4) is 0 Å². The van der Waals surface area contributed by atoms with Crippen LogP contribution in [0.15, 0.2) is 36.4 Å². The number of phenolic OH excluding ortho intramolecular Hbond substituents is 1. The Morgan fingerprint density at radius 3 is 2.61 bits per heavy atom. The Hall–Kier alpha value is -2.66. The molecule has 2 heterocycles. The molecule has 0 aromatic heterocycles. The van der Waals surface area contributed by atoms with Gasteiger partial charge in [0.15, 0.2) is 0 Å². The van der Waals surface area contributed by atoms with E-state index in [2.05, 4.69) is 22.3 Å². The highest BCUT2D eigenvalue weighted by molar-refractivity contribution is 6.33. The topological polar surface area (TPSA) is 55.8 Å². The molecule has 6 heteroatoms. The lowest BCUT2D eigenvalue weighted by Crippen LogP contribution is -2.30. The fourth-order valence-corrected chi connectivity index (χ4v) is 4.77. The maximum Gasteiger partial charge on any atom is 0.220 e. The number of halogens is 1. The van der Waals surface area contributed by atoms with Crippen molar-refractivity contribution in [1.29, 1.82) is 0 Å². The van der Waals surface area contributed by atoms with Crippen LogP contribution in [0, 0.1) is 0 Å². The van der Waals surface area contributed by atoms with Gasteiger partial charge in [-0.1, -0.05) is 42.8 Å². The van der Waals surface area contributed by atoms with Crippen molar-refractivity contribution in [1.82, 2.24) is 5.32 Å². The second-order valence-corrected chi connectivity index (χ2v) is 8.78. The predicted molar refractivity (Wildman–Crippen MR) is 128 cm³/mol. The highest BCUT2D eigenvalue weighted by Crippen LogP contribution is 2.44. The minimum Gasteiger partial charge on any atom is -0.505 e. The summed E-state index contributed by atoms with van der Waals surface area (Å²) < 4.78 is 0. The smallest absolute Gasteiger partial charge is 0.220 e. The third kappa shape index (κ3) is 4.38. The highest BCUT2D eigenvalue weighted by Gasteiger charge is 2.27. The third-order valence-electron chi connectivity index (χ3n) is 6.13. The van der Waals surface area contributed by atoms with Gasteiger partial charge in [-0.25, -0.2) is 0 Å². The van der Waals surface area contributed by atoms with Crippen molar-refractivity contribution >= 4 is 35.0 Å². The van der Waals surface area contributed by atoms with Gasteiger partial charge in [-0.3, -0.25) is 4.79 Å². The number of phenols is 1. The summed E-state index contributed by atoms with van der Waals surface area (Å²) >= 11 is 6.62. The third-order valence-corrected chi connectivity index (χ3v) is 6.44. The quantitative estimate of drug-likeness (QED) is 0.656. The summed E-state index contributed by atoms with van der Waals surface area (Å²) in [7, 11) is 1.93. The van der Waals surface area contributed by atoms with E-state index < -0.39 is 6.04 Å². The average molecular weight is 440 g/mol. The number of likely N-dealkylation sites (N-methyl/N-ethyl adjacent to an activating group) is 1. The van der Waals surface area contributed by atoms with Crippen LogP contribution in [-0.2, 0) is 4.79 Å². The molecule has 4 rings (SSSR count). The van der Waals surface area contributed by atoms with Crippen LogP contribution in [0.2, 0.25) is 5.02 Å². The number of benzene rings is 2. The summed E-state index contributed by atoms with van der Waals surface area (Å²) in [5, 5.41) is 14.9. The van der Waals surface area contributed by atoms with Gasteiger partial charge in [-0.15, -0.1) is 0 Å². The maximum absolute atomic E-state index is 12.6. The zero-order valence-electron chi connectivity index (χ0n) is 18.2. The zero-order chi connectivity index (χ0) is 22.0. The Labute approximate surface area is 189 Å². The van der Waals surface area contributed by atoms with Gasteiger partial charge in [0.1, 0.15) is 5.75 Å². The fraction of sp³-hybridized carbons (Fsp3) is 0.400. The SMILES string of the molecule is CCCC(=O)NC(c1ccc(N2CCCC2)cc1)c1cc(Cl)c2c(c1O)N(C)CC=C2. The predicted octanol–water partition coefficient (Wildman–Crippen LogP) is 5.11. The molecule has 164 valence electrons. The molecule has 5 nitrogen and oxygen atoms in total. The molecular formula is C25H30ClN3O2. The molecule has 0 bridgehead atoms. The van der Waals surface area contributed by atoms with Gasteiger partial charge in [0.2, 0.25) is 5.91 Å². The van der Waals surface area contributed by atoms with E-state index >= 15 is 0 Å². The van der Waals surface area contributed by atoms with Crippen molar-refractivity contribution in [2.45, 2.75) is 38.6 Å². The van der Waals surface area contributed by atoms with Gasteiger partial charge in [0.05, 0.1) is 16.8 Å². The first-order chi connectivity index (χ1) is 15.0. The monoisotopic (exact) mass is 439 g/mol. The molecule has 0 aliphatic carbocycles. The molecule has 1 unspecified atom stereocenters. The summed E-state index contributed by atoms with van der Waals surface area (Å²) in [4.78, 5) is 16.9. The molecule has 2 aliphatic rings. The molecule has 2 aromatic carbocycles. The zero-order valence-corrected chi connectivity index (χ0v) is 19.0. The lowest BCUT2D eigenvalue weighted by Gasteiger charge is -2.29. The summed E-state index contributed by atoms with van der Waals surface area (Å²) in [6.07, 6.45) is 7.60. The molecule has 2 aromatic rings. The summed E-state index contributed by atoms with van der Waals surface area (Å²) in [5.41, 5.74) is 4.24. The van der Waals surface area contributed by atoms with Crippen LogP contribution < -0.4 is 15.1 Å². The number of rotatable bonds is 6. The molecule has 1 atom stereocenters. The Balaban J connectivity index is 1.75. The molecule has 31 heavy (non-hydrogen) atoms. The Bertz CT molecular complexity index is 981. The number of carbonyl (C=O) groups is 1. The van der Waals surface area contributed by atoms with E-state index in [1.54, 1.807) is 6.07 Å². The van der Waals surface area contributed by atoms with Gasteiger partial charge in [0.25, 0.3) is 0 Å². The first kappa shape index (κ1) is 21.6. The molecule has 0 radical (unpaired) electrons. The molecule has 1 saturated heterocycles. The standard InChI is InChI=1S/C25H30ClN3O2/c1-3-7-22(30)27-23(17-9-11-18(12-10-17)29-14-4-5-15-29)20-16-21(26)19-8-6-13-28(2)24(19)25(20)31/h6,8-12,16,23,31H,3-5,7,13-15H2,1-2H3,(H,27,30). The highest BCUT2D eigenvalue weighted by atomic mass is 35.5. The van der Waals surface area contributed by atoms with Gasteiger partial charge in [-0.05, 0) is 43.0 Å². The molecule has 1 fully saturated rings. The molecule has 0 spiro atoms. The van der Waals surface area contributed by atoms with Crippen LogP contribution in [0.1, 0.15) is 55.3 Å². The van der Waals surface area contributed by atoms with E-state index in [1.807, 2.05) is 43.2 Å². The van der Waals surface area contributed by atoms with Gasteiger partial charge in [-0.2, -0.15) is 0 Å². The maximum atomic E-state index is 12.6. The number of fused-ring (bicyclic) bond motifs is 1. The van der Waals surface area contributed by atoms with Crippen LogP contribution in [0.25, 0.3) is 6.08 Å². The number of hydrogen-bond donors (Lipinski definition) is 2. The summed E-state index contributed by atoms with van der Waals surface area (Å²) in [6.45, 7) is 4.83. The number of nitrogens with one attached hydrogen (secondary N) is 1. The summed E-state index contributed by atoms with van der Waals surface area (Å²) in [5.74, 6) is 0.120. The van der Waals surface area contributed by atoms with Crippen LogP contribution in [0.5, 0.6) is 5.75 Å². The molecular weight excluding hydrogens is 410 g/mol. The Morgan fingerprint density at radius 1 is 1.23 bits per heavy atom. The van der Waals surface area contributed by atoms with Gasteiger partial charge in [0, 0.05) is 49.9 Å². The fourth-order valence-electron chi connectivity index (χ4n) is 4.50. The largest absolute Gasteiger partial charge is 0.505 e. The van der Waals surface area contributed by atoms with E-state index in [9.17, 15) is 9.90 Å². The lowest BCUT2D eigenvalue weighted by molar-refractivity contribution is -0.121. The van der Waals surface area contributed by atoms with Crippen LogP contribution >= 0.6 is 11.6 Å². The van der Waals surface area contributed by atoms with Crippen molar-refractivity contribution in [2.75, 3.05) is 36.5 Å². The van der Waals surface area contributed by atoms with Gasteiger partial charge >= 0.3 is 0 Å². The first-order valence-electron chi connectivity index (χ1n) is 11.1. The van der Waals surface area contributed by atoms with E-state index in [0.29, 0.717) is 29.2 Å². The second kappa shape index (κ2) is 9.23. The number of nitrogens with zero attached hydrogens (tertiary/aromatic N) is 2. The van der Waals surface area contributed by atoms with Crippen molar-refractivity contribution in [3.05, 3.63) is 58.1 Å². The van der Waals surface area contributed by atoms with Crippen molar-refractivity contribution in [3.63, 3.8) is 0 Å². The molecule has 2 N–H and O–H groups in total. The molecule has 2 aliphatic heterocycles. The number of anilines is 2. The number of carbonyl (C=O) groups excluding carboxylic acids is 1. The number of amides is 1. The Kier molecular flexibility index (Phi) is 6.42. The van der Waals surface area contributed by atoms with Gasteiger partial charge < -0.3 is 20.2 Å². The minimum absolute atomic E-state index is 0.0439. The van der Waals surface area contributed by atoms with E-state index in [1.165, 1.54) is 18.5 Å². The molecule has 1 amide bonds. The molecule has 0 saturated carbocycles. The summed E-state index contributed by atoms with van der Waals surface area (Å²) in [6, 6.07) is 9.59. The lowest BCUT2D eigenvalue weighted by atomic mass is 9.93. The van der Waals surface area contributed by atoms with Crippen molar-refractivity contribution in [2.24, 2.45) is 0 Å². The van der Waals surface area contributed by atoms with E-state index in [4.69, 9.17) is 11.6 Å².